The fourth-order valence-corrected chi connectivity index (χ4v) is 4.56. The third-order valence-electron chi connectivity index (χ3n) is 6.33. The van der Waals surface area contributed by atoms with Crippen molar-refractivity contribution in [1.82, 2.24) is 4.90 Å². The van der Waals surface area contributed by atoms with Crippen LogP contribution in [0.4, 0.5) is 0 Å². The Bertz CT molecular complexity index is 1130. The van der Waals surface area contributed by atoms with Gasteiger partial charge in [-0.25, -0.2) is 0 Å². The van der Waals surface area contributed by atoms with E-state index < -0.39 is 0 Å². The normalized spacial score (nSPS) is 14.0. The summed E-state index contributed by atoms with van der Waals surface area (Å²) in [4.78, 5) is 26.8. The van der Waals surface area contributed by atoms with Crippen molar-refractivity contribution in [1.29, 1.82) is 0 Å². The zero-order valence-corrected chi connectivity index (χ0v) is 19.7. The van der Waals surface area contributed by atoms with Gasteiger partial charge >= 0.3 is 0 Å². The minimum Gasteiger partial charge on any atom is -0.497 e. The molecule has 4 rings (SSSR count). The zero-order valence-electron chi connectivity index (χ0n) is 19.7. The molecule has 3 aromatic rings. The first kappa shape index (κ1) is 23.5. The van der Waals surface area contributed by atoms with Crippen molar-refractivity contribution in [3.63, 3.8) is 0 Å². The van der Waals surface area contributed by atoms with Crippen molar-refractivity contribution in [3.05, 3.63) is 102 Å². The Balaban J connectivity index is 1.67. The van der Waals surface area contributed by atoms with Gasteiger partial charge < -0.3 is 9.64 Å². The van der Waals surface area contributed by atoms with Crippen LogP contribution in [0.5, 0.6) is 5.75 Å². The van der Waals surface area contributed by atoms with Crippen LogP contribution in [-0.2, 0) is 9.59 Å². The maximum Gasteiger partial charge on any atom is 0.289 e. The van der Waals surface area contributed by atoms with Crippen molar-refractivity contribution in [2.24, 2.45) is 0 Å². The number of ketones is 1. The molecule has 0 N–H and O–H groups in total. The molecule has 174 valence electrons. The molecule has 4 heteroatoms. The van der Waals surface area contributed by atoms with Gasteiger partial charge in [-0.3, -0.25) is 9.59 Å². The second kappa shape index (κ2) is 11.5. The van der Waals surface area contributed by atoms with E-state index in [1.165, 1.54) is 5.57 Å². The van der Waals surface area contributed by atoms with Crippen LogP contribution in [0.15, 0.2) is 84.9 Å². The molecular formula is C30H31NO3. The van der Waals surface area contributed by atoms with Crippen LogP contribution in [0.2, 0.25) is 0 Å². The first-order valence-electron chi connectivity index (χ1n) is 12.0. The fraction of sp³-hybridized carbons (Fsp3) is 0.267. The highest BCUT2D eigenvalue weighted by molar-refractivity contribution is 6.36. The lowest BCUT2D eigenvalue weighted by Gasteiger charge is -2.18. The van der Waals surface area contributed by atoms with Crippen LogP contribution < -0.4 is 4.74 Å². The summed E-state index contributed by atoms with van der Waals surface area (Å²) in [6, 6.07) is 28.7. The van der Waals surface area contributed by atoms with E-state index in [-0.39, 0.29) is 18.1 Å². The van der Waals surface area contributed by atoms with E-state index in [0.29, 0.717) is 25.9 Å². The molecule has 0 radical (unpaired) electrons. The molecule has 1 fully saturated rings. The Morgan fingerprint density at radius 1 is 0.735 bits per heavy atom. The topological polar surface area (TPSA) is 46.6 Å². The second-order valence-corrected chi connectivity index (χ2v) is 8.59. The molecule has 1 saturated heterocycles. The van der Waals surface area contributed by atoms with E-state index in [4.69, 9.17) is 4.74 Å². The molecule has 1 aliphatic heterocycles. The second-order valence-electron chi connectivity index (χ2n) is 8.59. The van der Waals surface area contributed by atoms with E-state index in [2.05, 4.69) is 36.4 Å². The average Bonchev–Trinajstić information content (AvgIpc) is 3.44. The van der Waals surface area contributed by atoms with Gasteiger partial charge in [-0.05, 0) is 65.7 Å². The quantitative estimate of drug-likeness (QED) is 0.294. The first-order chi connectivity index (χ1) is 16.7. The maximum absolute atomic E-state index is 12.6. The highest BCUT2D eigenvalue weighted by Gasteiger charge is 2.24. The number of amides is 1. The lowest BCUT2D eigenvalue weighted by atomic mass is 9.87. The van der Waals surface area contributed by atoms with E-state index >= 15 is 0 Å². The monoisotopic (exact) mass is 453 g/mol. The van der Waals surface area contributed by atoms with Crippen molar-refractivity contribution in [2.75, 3.05) is 20.2 Å². The molecule has 0 saturated carbocycles. The van der Waals surface area contributed by atoms with E-state index in [9.17, 15) is 9.59 Å². The number of likely N-dealkylation sites (tertiary alicyclic amines) is 1. The van der Waals surface area contributed by atoms with Gasteiger partial charge in [0.15, 0.2) is 0 Å². The van der Waals surface area contributed by atoms with Crippen LogP contribution in [0.1, 0.15) is 48.8 Å². The van der Waals surface area contributed by atoms with E-state index in [1.54, 1.807) is 12.0 Å². The van der Waals surface area contributed by atoms with E-state index in [0.717, 1.165) is 40.9 Å². The van der Waals surface area contributed by atoms with Crippen molar-refractivity contribution < 1.29 is 14.3 Å². The van der Waals surface area contributed by atoms with Crippen molar-refractivity contribution in [2.45, 2.75) is 32.1 Å². The van der Waals surface area contributed by atoms with Gasteiger partial charge in [-0.1, -0.05) is 72.8 Å². The van der Waals surface area contributed by atoms with Crippen LogP contribution in [0.25, 0.3) is 11.1 Å². The molecule has 0 aliphatic carbocycles. The highest BCUT2D eigenvalue weighted by Crippen LogP contribution is 2.36. The van der Waals surface area contributed by atoms with Crippen molar-refractivity contribution >= 4 is 22.8 Å². The van der Waals surface area contributed by atoms with Gasteiger partial charge in [-0.2, -0.15) is 0 Å². The number of nitrogens with zero attached hydrogens (tertiary/aromatic N) is 1. The molecule has 1 heterocycles. The van der Waals surface area contributed by atoms with Gasteiger partial charge in [-0.15, -0.1) is 0 Å². The van der Waals surface area contributed by atoms with Gasteiger partial charge in [0, 0.05) is 19.5 Å². The number of carbonyl (C=O) groups excluding carboxylic acids is 2. The van der Waals surface area contributed by atoms with Crippen LogP contribution in [0, 0.1) is 0 Å². The lowest BCUT2D eigenvalue weighted by Crippen LogP contribution is -2.33. The van der Waals surface area contributed by atoms with Crippen LogP contribution >= 0.6 is 0 Å². The van der Waals surface area contributed by atoms with Gasteiger partial charge in [0.2, 0.25) is 5.78 Å². The average molecular weight is 454 g/mol. The smallest absolute Gasteiger partial charge is 0.289 e. The molecule has 0 bridgehead atoms. The number of hydrogen-bond acceptors (Lipinski definition) is 3. The molecule has 4 nitrogen and oxygen atoms in total. The number of ether oxygens (including phenoxy) is 1. The van der Waals surface area contributed by atoms with Crippen LogP contribution in [0.3, 0.4) is 0 Å². The number of benzene rings is 3. The Morgan fingerprint density at radius 2 is 1.29 bits per heavy atom. The van der Waals surface area contributed by atoms with Gasteiger partial charge in [0.05, 0.1) is 7.11 Å². The summed E-state index contributed by atoms with van der Waals surface area (Å²) in [5, 5.41) is 0. The third-order valence-corrected chi connectivity index (χ3v) is 6.33. The largest absolute Gasteiger partial charge is 0.497 e. The minimum atomic E-state index is -0.318. The minimum absolute atomic E-state index is 0.260. The number of rotatable bonds is 9. The highest BCUT2D eigenvalue weighted by atomic mass is 16.5. The molecule has 34 heavy (non-hydrogen) atoms. The molecule has 0 aromatic heterocycles. The maximum atomic E-state index is 12.6. The fourth-order valence-electron chi connectivity index (χ4n) is 4.56. The van der Waals surface area contributed by atoms with Gasteiger partial charge in [0.25, 0.3) is 5.91 Å². The molecule has 0 spiro atoms. The molecule has 1 aliphatic rings. The summed E-state index contributed by atoms with van der Waals surface area (Å²) in [5.41, 5.74) is 5.62. The zero-order chi connectivity index (χ0) is 23.8. The van der Waals surface area contributed by atoms with Crippen molar-refractivity contribution in [3.8, 4) is 5.75 Å². The summed E-state index contributed by atoms with van der Waals surface area (Å²) >= 11 is 0. The summed E-state index contributed by atoms with van der Waals surface area (Å²) in [6.07, 6.45) is 3.55. The third kappa shape index (κ3) is 5.63. The molecule has 0 unspecified atom stereocenters. The molecule has 3 aromatic carbocycles. The van der Waals surface area contributed by atoms with Crippen LogP contribution in [-0.4, -0.2) is 36.8 Å². The molecule has 1 amide bonds. The Labute approximate surface area is 201 Å². The number of methoxy groups -OCH3 is 1. The summed E-state index contributed by atoms with van der Waals surface area (Å²) < 4.78 is 5.37. The Morgan fingerprint density at radius 3 is 1.88 bits per heavy atom. The molecule has 0 atom stereocenters. The SMILES string of the molecule is COc1ccc(/C(=C(/CCCC(=O)C(=O)N2CCCC2)c2ccccc2)c2ccccc2)cc1. The van der Waals surface area contributed by atoms with Gasteiger partial charge in [0.1, 0.15) is 5.75 Å². The number of carbonyl (C=O) groups is 2. The molecular weight excluding hydrogens is 422 g/mol. The number of Topliss-reactive ketones (excluding diaryl/α,β-unsaturated/α-hetero) is 1. The Kier molecular flexibility index (Phi) is 7.92. The van der Waals surface area contributed by atoms with E-state index in [1.807, 2.05) is 48.5 Å². The first-order valence-corrected chi connectivity index (χ1v) is 12.0. The summed E-state index contributed by atoms with van der Waals surface area (Å²) in [5.74, 6) is 0.213. The summed E-state index contributed by atoms with van der Waals surface area (Å²) in [6.45, 7) is 1.41. The number of allylic oxidation sites excluding steroid dienone is 1. The number of hydrogen-bond donors (Lipinski definition) is 0. The standard InChI is InChI=1S/C30H31NO3/c1-34-26-19-17-25(18-20-26)29(24-13-6-3-7-14-24)27(23-11-4-2-5-12-23)15-10-16-28(32)30(33)31-21-8-9-22-31/h2-7,11-14,17-20H,8-10,15-16,21-22H2,1H3/b29-27-. The lowest BCUT2D eigenvalue weighted by molar-refractivity contribution is -0.144. The summed E-state index contributed by atoms with van der Waals surface area (Å²) in [7, 11) is 1.67. The predicted molar refractivity (Wildman–Crippen MR) is 136 cm³/mol. The Hall–Kier alpha value is -3.66. The predicted octanol–water partition coefficient (Wildman–Crippen LogP) is 6.02.